The van der Waals surface area contributed by atoms with Gasteiger partial charge in [-0.2, -0.15) is 0 Å². The molecule has 6 heteroatoms. The minimum Gasteiger partial charge on any atom is -0.481 e. The summed E-state index contributed by atoms with van der Waals surface area (Å²) >= 11 is 5.92. The predicted molar refractivity (Wildman–Crippen MR) is 94.2 cm³/mol. The minimum atomic E-state index is -1.20. The van der Waals surface area contributed by atoms with Crippen LogP contribution >= 0.6 is 11.6 Å². The lowest BCUT2D eigenvalue weighted by molar-refractivity contribution is -0.144. The first-order valence-corrected chi connectivity index (χ1v) is 8.26. The van der Waals surface area contributed by atoms with Crippen molar-refractivity contribution in [2.24, 2.45) is 0 Å². The van der Waals surface area contributed by atoms with Crippen molar-refractivity contribution >= 4 is 23.5 Å². The average Bonchev–Trinajstić information content (AvgIpc) is 2.59. The molecule has 0 bridgehead atoms. The molecule has 25 heavy (non-hydrogen) atoms. The van der Waals surface area contributed by atoms with Crippen LogP contribution in [0.25, 0.3) is 0 Å². The molecule has 2 N–H and O–H groups in total. The smallest absolute Gasteiger partial charge is 0.315 e. The molecule has 0 aliphatic rings. The fourth-order valence-electron chi connectivity index (χ4n) is 2.69. The van der Waals surface area contributed by atoms with Crippen molar-refractivity contribution in [3.05, 3.63) is 70.5 Å². The number of carbonyl (C=O) groups excluding carboxylic acids is 1. The number of carbonyl (C=O) groups is 2. The van der Waals surface area contributed by atoms with E-state index in [0.717, 1.165) is 6.07 Å². The van der Waals surface area contributed by atoms with Gasteiger partial charge in [0.15, 0.2) is 0 Å². The standard InChI is InChI=1S/C19H19ClFNO3/c1-2-19(18(24)25,14-6-4-3-5-7-14)12-22-17(23)10-13-8-9-15(21)11-16(13)20/h3-9,11H,2,10,12H2,1H3,(H,22,23)(H,24,25). The van der Waals surface area contributed by atoms with E-state index >= 15 is 0 Å². The lowest BCUT2D eigenvalue weighted by Crippen LogP contribution is -2.46. The summed E-state index contributed by atoms with van der Waals surface area (Å²) in [5.74, 6) is -1.85. The number of halogens is 2. The van der Waals surface area contributed by atoms with Gasteiger partial charge in [-0.15, -0.1) is 0 Å². The van der Waals surface area contributed by atoms with Crippen LogP contribution in [0, 0.1) is 5.82 Å². The summed E-state index contributed by atoms with van der Waals surface area (Å²) in [4.78, 5) is 24.1. The maximum absolute atomic E-state index is 13.1. The summed E-state index contributed by atoms with van der Waals surface area (Å²) in [6.07, 6.45) is 0.275. The molecule has 0 radical (unpaired) electrons. The zero-order valence-electron chi connectivity index (χ0n) is 13.8. The highest BCUT2D eigenvalue weighted by atomic mass is 35.5. The molecule has 2 rings (SSSR count). The number of carboxylic acid groups (broad SMARTS) is 1. The monoisotopic (exact) mass is 363 g/mol. The second-order valence-electron chi connectivity index (χ2n) is 5.80. The zero-order chi connectivity index (χ0) is 18.4. The van der Waals surface area contributed by atoms with Gasteiger partial charge >= 0.3 is 5.97 Å². The van der Waals surface area contributed by atoms with Crippen LogP contribution in [0.1, 0.15) is 24.5 Å². The Bertz CT molecular complexity index is 767. The first-order valence-electron chi connectivity index (χ1n) is 7.88. The molecule has 4 nitrogen and oxygen atoms in total. The topological polar surface area (TPSA) is 66.4 Å². The molecular weight excluding hydrogens is 345 g/mol. The fraction of sp³-hybridized carbons (Fsp3) is 0.263. The first-order chi connectivity index (χ1) is 11.9. The summed E-state index contributed by atoms with van der Waals surface area (Å²) < 4.78 is 13.1. The van der Waals surface area contributed by atoms with E-state index in [4.69, 9.17) is 11.6 Å². The van der Waals surface area contributed by atoms with E-state index in [9.17, 15) is 19.1 Å². The van der Waals surface area contributed by atoms with Crippen LogP contribution in [-0.4, -0.2) is 23.5 Å². The Labute approximate surface area is 150 Å². The van der Waals surface area contributed by atoms with Gasteiger partial charge in [0.25, 0.3) is 0 Å². The molecule has 1 amide bonds. The molecule has 0 heterocycles. The van der Waals surface area contributed by atoms with Gasteiger partial charge in [0.1, 0.15) is 11.2 Å². The molecule has 1 unspecified atom stereocenters. The van der Waals surface area contributed by atoms with Crippen molar-refractivity contribution in [3.8, 4) is 0 Å². The third-order valence-electron chi connectivity index (χ3n) is 4.29. The number of carboxylic acids is 1. The van der Waals surface area contributed by atoms with E-state index in [1.165, 1.54) is 12.1 Å². The molecule has 2 aromatic rings. The van der Waals surface area contributed by atoms with Gasteiger partial charge < -0.3 is 10.4 Å². The van der Waals surface area contributed by atoms with Crippen molar-refractivity contribution in [1.82, 2.24) is 5.32 Å². The van der Waals surface area contributed by atoms with Gasteiger partial charge in [-0.1, -0.05) is 54.9 Å². The maximum Gasteiger partial charge on any atom is 0.315 e. The Morgan fingerprint density at radius 2 is 1.88 bits per heavy atom. The molecule has 0 aliphatic carbocycles. The van der Waals surface area contributed by atoms with Gasteiger partial charge in [0.05, 0.1) is 6.42 Å². The van der Waals surface area contributed by atoms with E-state index < -0.39 is 17.2 Å². The first kappa shape index (κ1) is 18.9. The van der Waals surface area contributed by atoms with Crippen LogP contribution in [0.15, 0.2) is 48.5 Å². The third kappa shape index (κ3) is 4.37. The summed E-state index contributed by atoms with van der Waals surface area (Å²) in [6.45, 7) is 1.73. The number of rotatable bonds is 7. The highest BCUT2D eigenvalue weighted by Crippen LogP contribution is 2.28. The lowest BCUT2D eigenvalue weighted by Gasteiger charge is -2.29. The Balaban J connectivity index is 2.13. The molecule has 0 spiro atoms. The van der Waals surface area contributed by atoms with Gasteiger partial charge in [-0.25, -0.2) is 4.39 Å². The van der Waals surface area contributed by atoms with Gasteiger partial charge in [-0.3, -0.25) is 9.59 Å². The molecule has 132 valence electrons. The van der Waals surface area contributed by atoms with Crippen LogP contribution in [-0.2, 0) is 21.4 Å². The number of hydrogen-bond acceptors (Lipinski definition) is 2. The largest absolute Gasteiger partial charge is 0.481 e. The van der Waals surface area contributed by atoms with Crippen LogP contribution in [0.4, 0.5) is 4.39 Å². The van der Waals surface area contributed by atoms with Crippen LogP contribution < -0.4 is 5.32 Å². The van der Waals surface area contributed by atoms with Crippen LogP contribution in [0.5, 0.6) is 0 Å². The Hall–Kier alpha value is -2.40. The molecule has 0 fully saturated rings. The number of hydrogen-bond donors (Lipinski definition) is 2. The van der Waals surface area contributed by atoms with E-state index in [1.54, 1.807) is 37.3 Å². The number of aliphatic carboxylic acids is 1. The second kappa shape index (κ2) is 8.12. The minimum absolute atomic E-state index is 0.0412. The van der Waals surface area contributed by atoms with E-state index in [1.807, 2.05) is 0 Å². The van der Waals surface area contributed by atoms with Crippen molar-refractivity contribution in [1.29, 1.82) is 0 Å². The van der Waals surface area contributed by atoms with Crippen molar-refractivity contribution in [3.63, 3.8) is 0 Å². The normalized spacial score (nSPS) is 13.1. The molecule has 0 saturated carbocycles. The lowest BCUT2D eigenvalue weighted by atomic mass is 9.78. The summed E-state index contributed by atoms with van der Waals surface area (Å²) in [6, 6.07) is 12.6. The Kier molecular flexibility index (Phi) is 6.15. The van der Waals surface area contributed by atoms with E-state index in [0.29, 0.717) is 17.5 Å². The zero-order valence-corrected chi connectivity index (χ0v) is 14.5. The Morgan fingerprint density at radius 3 is 2.44 bits per heavy atom. The van der Waals surface area contributed by atoms with Gasteiger partial charge in [0, 0.05) is 11.6 Å². The summed E-state index contributed by atoms with van der Waals surface area (Å²) in [5.41, 5.74) is -0.0911. The highest BCUT2D eigenvalue weighted by Gasteiger charge is 2.38. The molecule has 1 atom stereocenters. The van der Waals surface area contributed by atoms with Gasteiger partial charge in [0.2, 0.25) is 5.91 Å². The van der Waals surface area contributed by atoms with Crippen molar-refractivity contribution < 1.29 is 19.1 Å². The van der Waals surface area contributed by atoms with Gasteiger partial charge in [-0.05, 0) is 29.7 Å². The number of amides is 1. The van der Waals surface area contributed by atoms with E-state index in [-0.39, 0.29) is 23.9 Å². The second-order valence-corrected chi connectivity index (χ2v) is 6.20. The molecule has 0 aliphatic heterocycles. The fourth-order valence-corrected chi connectivity index (χ4v) is 2.92. The Morgan fingerprint density at radius 1 is 1.20 bits per heavy atom. The molecule has 0 saturated heterocycles. The summed E-state index contributed by atoms with van der Waals surface area (Å²) in [7, 11) is 0. The quantitative estimate of drug-likeness (QED) is 0.790. The summed E-state index contributed by atoms with van der Waals surface area (Å²) in [5, 5.41) is 12.6. The highest BCUT2D eigenvalue weighted by molar-refractivity contribution is 6.31. The van der Waals surface area contributed by atoms with Crippen molar-refractivity contribution in [2.75, 3.05) is 6.54 Å². The predicted octanol–water partition coefficient (Wildman–Crippen LogP) is 3.57. The average molecular weight is 364 g/mol. The van der Waals surface area contributed by atoms with Crippen molar-refractivity contribution in [2.45, 2.75) is 25.2 Å². The molecule has 0 aromatic heterocycles. The van der Waals surface area contributed by atoms with Crippen LogP contribution in [0.3, 0.4) is 0 Å². The molecular formula is C19H19ClFNO3. The maximum atomic E-state index is 13.1. The third-order valence-corrected chi connectivity index (χ3v) is 4.64. The number of benzene rings is 2. The number of nitrogens with one attached hydrogen (secondary N) is 1. The SMILES string of the molecule is CCC(CNC(=O)Cc1ccc(F)cc1Cl)(C(=O)O)c1ccccc1. The van der Waals surface area contributed by atoms with Crippen LogP contribution in [0.2, 0.25) is 5.02 Å². The molecule has 2 aromatic carbocycles. The van der Waals surface area contributed by atoms with E-state index in [2.05, 4.69) is 5.32 Å².